The number of ether oxygens (including phenoxy) is 1. The van der Waals surface area contributed by atoms with Gasteiger partial charge in [-0.2, -0.15) is 0 Å². The van der Waals surface area contributed by atoms with Crippen LogP contribution in [0.1, 0.15) is 0 Å². The number of carbonyl (C=O) groups is 1. The van der Waals surface area contributed by atoms with Crippen molar-refractivity contribution in [2.75, 3.05) is 31.7 Å². The fraction of sp³-hybridized carbons (Fsp3) is 0.833. The third-order valence-corrected chi connectivity index (χ3v) is 3.39. The van der Waals surface area contributed by atoms with Crippen molar-refractivity contribution in [1.29, 1.82) is 0 Å². The molecule has 0 aromatic rings. The standard InChI is InChI=1S/C6H11NO4S/c1-11-6(8)7-2-4-12(9,10)5-3-7/h2-5H2,1H3. The van der Waals surface area contributed by atoms with E-state index >= 15 is 0 Å². The highest BCUT2D eigenvalue weighted by Gasteiger charge is 2.24. The molecule has 0 radical (unpaired) electrons. The Bertz CT molecular complexity index is 257. The van der Waals surface area contributed by atoms with Crippen molar-refractivity contribution in [1.82, 2.24) is 4.90 Å². The smallest absolute Gasteiger partial charge is 0.409 e. The lowest BCUT2D eigenvalue weighted by molar-refractivity contribution is 0.127. The van der Waals surface area contributed by atoms with Gasteiger partial charge in [0, 0.05) is 13.1 Å². The Hall–Kier alpha value is -0.780. The molecule has 1 saturated heterocycles. The van der Waals surface area contributed by atoms with Crippen LogP contribution in [-0.4, -0.2) is 51.1 Å². The predicted octanol–water partition coefficient (Wildman–Crippen LogP) is -0.517. The van der Waals surface area contributed by atoms with E-state index in [-0.39, 0.29) is 24.6 Å². The SMILES string of the molecule is COC(=O)N1CCS(=O)(=O)CC1. The van der Waals surface area contributed by atoms with E-state index in [2.05, 4.69) is 4.74 Å². The molecule has 1 amide bonds. The number of nitrogens with zero attached hydrogens (tertiary/aromatic N) is 1. The highest BCUT2D eigenvalue weighted by Crippen LogP contribution is 2.04. The first kappa shape index (κ1) is 9.31. The maximum atomic E-state index is 10.9. The molecule has 0 atom stereocenters. The van der Waals surface area contributed by atoms with Crippen molar-refractivity contribution in [2.24, 2.45) is 0 Å². The van der Waals surface area contributed by atoms with Crippen LogP contribution in [0.5, 0.6) is 0 Å². The molecule has 1 fully saturated rings. The summed E-state index contributed by atoms with van der Waals surface area (Å²) >= 11 is 0. The number of sulfone groups is 1. The molecule has 0 unspecified atom stereocenters. The van der Waals surface area contributed by atoms with Gasteiger partial charge in [-0.05, 0) is 0 Å². The molecular formula is C6H11NO4S. The van der Waals surface area contributed by atoms with Crippen molar-refractivity contribution in [3.05, 3.63) is 0 Å². The fourth-order valence-electron chi connectivity index (χ4n) is 1.02. The molecule has 1 rings (SSSR count). The van der Waals surface area contributed by atoms with E-state index in [1.54, 1.807) is 0 Å². The van der Waals surface area contributed by atoms with Crippen LogP contribution >= 0.6 is 0 Å². The van der Waals surface area contributed by atoms with Gasteiger partial charge < -0.3 is 9.64 Å². The molecule has 6 heteroatoms. The summed E-state index contributed by atoms with van der Waals surface area (Å²) in [5.74, 6) is 0.0875. The van der Waals surface area contributed by atoms with E-state index in [0.717, 1.165) is 0 Å². The van der Waals surface area contributed by atoms with Gasteiger partial charge >= 0.3 is 6.09 Å². The molecule has 5 nitrogen and oxygen atoms in total. The highest BCUT2D eigenvalue weighted by atomic mass is 32.2. The van der Waals surface area contributed by atoms with Crippen molar-refractivity contribution in [3.63, 3.8) is 0 Å². The zero-order chi connectivity index (χ0) is 9.19. The topological polar surface area (TPSA) is 63.7 Å². The predicted molar refractivity (Wildman–Crippen MR) is 42.6 cm³/mol. The van der Waals surface area contributed by atoms with E-state index in [9.17, 15) is 13.2 Å². The van der Waals surface area contributed by atoms with Gasteiger partial charge in [0.2, 0.25) is 0 Å². The van der Waals surface area contributed by atoms with Gasteiger partial charge in [-0.3, -0.25) is 0 Å². The van der Waals surface area contributed by atoms with Gasteiger partial charge in [0.15, 0.2) is 9.84 Å². The number of hydrogen-bond donors (Lipinski definition) is 0. The average molecular weight is 193 g/mol. The average Bonchev–Trinajstić information content (AvgIpc) is 2.03. The largest absolute Gasteiger partial charge is 0.453 e. The first-order valence-corrected chi connectivity index (χ1v) is 5.40. The van der Waals surface area contributed by atoms with Crippen molar-refractivity contribution < 1.29 is 17.9 Å². The maximum absolute atomic E-state index is 10.9. The van der Waals surface area contributed by atoms with Crippen LogP contribution in [0.25, 0.3) is 0 Å². The third-order valence-electron chi connectivity index (χ3n) is 1.78. The van der Waals surface area contributed by atoms with Gasteiger partial charge in [-0.15, -0.1) is 0 Å². The van der Waals surface area contributed by atoms with E-state index < -0.39 is 15.9 Å². The lowest BCUT2D eigenvalue weighted by Crippen LogP contribution is -2.43. The fourth-order valence-corrected chi connectivity index (χ4v) is 2.23. The van der Waals surface area contributed by atoms with Crippen LogP contribution in [0.2, 0.25) is 0 Å². The minimum absolute atomic E-state index is 0.0437. The molecule has 70 valence electrons. The molecular weight excluding hydrogens is 182 g/mol. The number of hydrogen-bond acceptors (Lipinski definition) is 4. The van der Waals surface area contributed by atoms with Gasteiger partial charge in [-0.25, -0.2) is 13.2 Å². The van der Waals surface area contributed by atoms with Crippen molar-refractivity contribution in [2.45, 2.75) is 0 Å². The zero-order valence-corrected chi connectivity index (χ0v) is 7.63. The Labute approximate surface area is 71.2 Å². The summed E-state index contributed by atoms with van der Waals surface area (Å²) in [6, 6.07) is 0. The number of methoxy groups -OCH3 is 1. The first-order valence-electron chi connectivity index (χ1n) is 3.58. The lowest BCUT2D eigenvalue weighted by Gasteiger charge is -2.24. The second-order valence-corrected chi connectivity index (χ2v) is 4.91. The van der Waals surface area contributed by atoms with E-state index in [0.29, 0.717) is 0 Å². The summed E-state index contributed by atoms with van der Waals surface area (Å²) in [7, 11) is -1.62. The summed E-state index contributed by atoms with van der Waals surface area (Å²) in [6.07, 6.45) is -0.454. The molecule has 0 aromatic heterocycles. The Morgan fingerprint density at radius 2 is 1.83 bits per heavy atom. The van der Waals surface area contributed by atoms with Crippen LogP contribution in [0.4, 0.5) is 4.79 Å². The molecule has 1 aliphatic rings. The Balaban J connectivity index is 2.52. The molecule has 0 aromatic carbocycles. The van der Waals surface area contributed by atoms with E-state index in [1.165, 1.54) is 12.0 Å². The van der Waals surface area contributed by atoms with Crippen LogP contribution in [0, 0.1) is 0 Å². The molecule has 0 N–H and O–H groups in total. The molecule has 1 aliphatic heterocycles. The lowest BCUT2D eigenvalue weighted by atomic mass is 10.5. The number of amides is 1. The summed E-state index contributed by atoms with van der Waals surface area (Å²) in [5, 5.41) is 0. The van der Waals surface area contributed by atoms with Crippen LogP contribution in [0.3, 0.4) is 0 Å². The van der Waals surface area contributed by atoms with E-state index in [1.807, 2.05) is 0 Å². The molecule has 0 spiro atoms. The molecule has 1 heterocycles. The monoisotopic (exact) mass is 193 g/mol. The summed E-state index contributed by atoms with van der Waals surface area (Å²) in [4.78, 5) is 12.3. The number of rotatable bonds is 0. The molecule has 0 saturated carbocycles. The molecule has 0 bridgehead atoms. The van der Waals surface area contributed by atoms with Gasteiger partial charge in [0.1, 0.15) is 0 Å². The quantitative estimate of drug-likeness (QED) is 0.519. The van der Waals surface area contributed by atoms with Crippen molar-refractivity contribution in [3.8, 4) is 0 Å². The minimum Gasteiger partial charge on any atom is -0.453 e. The van der Waals surface area contributed by atoms with Crippen LogP contribution in [0.15, 0.2) is 0 Å². The van der Waals surface area contributed by atoms with Crippen molar-refractivity contribution >= 4 is 15.9 Å². The minimum atomic E-state index is -2.91. The van der Waals surface area contributed by atoms with Gasteiger partial charge in [0.05, 0.1) is 18.6 Å². The normalized spacial score (nSPS) is 21.9. The summed E-state index contributed by atoms with van der Waals surface area (Å²) in [6.45, 7) is 0.490. The highest BCUT2D eigenvalue weighted by molar-refractivity contribution is 7.91. The summed E-state index contributed by atoms with van der Waals surface area (Å²) in [5.41, 5.74) is 0. The third kappa shape index (κ3) is 2.10. The van der Waals surface area contributed by atoms with Crippen LogP contribution < -0.4 is 0 Å². The summed E-state index contributed by atoms with van der Waals surface area (Å²) < 4.78 is 26.3. The molecule has 12 heavy (non-hydrogen) atoms. The Morgan fingerprint density at radius 3 is 2.25 bits per heavy atom. The second-order valence-electron chi connectivity index (χ2n) is 2.61. The Morgan fingerprint density at radius 1 is 1.33 bits per heavy atom. The number of carbonyl (C=O) groups excluding carboxylic acids is 1. The van der Waals surface area contributed by atoms with Crippen LogP contribution in [-0.2, 0) is 14.6 Å². The van der Waals surface area contributed by atoms with Gasteiger partial charge in [-0.1, -0.05) is 0 Å². The maximum Gasteiger partial charge on any atom is 0.409 e. The Kier molecular flexibility index (Phi) is 2.56. The molecule has 0 aliphatic carbocycles. The first-order chi connectivity index (χ1) is 5.55. The van der Waals surface area contributed by atoms with Gasteiger partial charge in [0.25, 0.3) is 0 Å². The second kappa shape index (κ2) is 3.30. The van der Waals surface area contributed by atoms with E-state index in [4.69, 9.17) is 0 Å². The zero-order valence-electron chi connectivity index (χ0n) is 6.82.